The fourth-order valence-corrected chi connectivity index (χ4v) is 6.12. The van der Waals surface area contributed by atoms with Gasteiger partial charge in [-0.15, -0.1) is 24.5 Å². The van der Waals surface area contributed by atoms with Crippen molar-refractivity contribution in [2.24, 2.45) is 0 Å². The summed E-state index contributed by atoms with van der Waals surface area (Å²) in [5, 5.41) is 2.55. The Morgan fingerprint density at radius 2 is 1.82 bits per heavy atom. The van der Waals surface area contributed by atoms with E-state index >= 15 is 0 Å². The lowest BCUT2D eigenvalue weighted by Crippen LogP contribution is -2.33. The van der Waals surface area contributed by atoms with Crippen molar-refractivity contribution in [3.8, 4) is 17.0 Å². The van der Waals surface area contributed by atoms with Crippen molar-refractivity contribution in [2.45, 2.75) is 26.1 Å². The number of anilines is 2. The smallest absolute Gasteiger partial charge is 0.406 e. The highest BCUT2D eigenvalue weighted by molar-refractivity contribution is 7.88. The maximum absolute atomic E-state index is 12.5. The number of hydrogen-bond acceptors (Lipinski definition) is 7. The minimum atomic E-state index is -4.74. The van der Waals surface area contributed by atoms with E-state index in [4.69, 9.17) is 9.97 Å². The first-order valence-electron chi connectivity index (χ1n) is 12.1. The Morgan fingerprint density at radius 3 is 2.44 bits per heavy atom. The van der Waals surface area contributed by atoms with Crippen LogP contribution in [0.25, 0.3) is 22.5 Å². The predicted octanol–water partition coefficient (Wildman–Crippen LogP) is 5.74. The number of sulfonamides is 1. The maximum Gasteiger partial charge on any atom is 0.573 e. The average molecular weight is 578 g/mol. The average Bonchev–Trinajstić information content (AvgIpc) is 3.52. The SMILES string of the molecule is CCc1nc2ccc(C3=CCN(S(C)(=O)=O)CC3)cn2c1N(C)c1nc(-c2ccc(OC(F)(F)F)cc2)cs1. The number of hydrogen-bond donors (Lipinski definition) is 0. The summed E-state index contributed by atoms with van der Waals surface area (Å²) in [7, 11) is -1.33. The van der Waals surface area contributed by atoms with Gasteiger partial charge in [-0.1, -0.05) is 13.0 Å². The third-order valence-corrected chi connectivity index (χ3v) is 8.68. The number of aromatic nitrogens is 3. The van der Waals surface area contributed by atoms with Crippen molar-refractivity contribution in [1.29, 1.82) is 0 Å². The Labute approximate surface area is 228 Å². The van der Waals surface area contributed by atoms with E-state index in [-0.39, 0.29) is 5.75 Å². The molecule has 8 nitrogen and oxygen atoms in total. The van der Waals surface area contributed by atoms with E-state index in [0.29, 0.717) is 42.3 Å². The van der Waals surface area contributed by atoms with Gasteiger partial charge in [-0.05, 0) is 60.4 Å². The first-order valence-corrected chi connectivity index (χ1v) is 14.9. The molecule has 0 fully saturated rings. The third-order valence-electron chi connectivity index (χ3n) is 6.49. The first-order chi connectivity index (χ1) is 18.4. The van der Waals surface area contributed by atoms with Gasteiger partial charge >= 0.3 is 6.36 Å². The van der Waals surface area contributed by atoms with Crippen molar-refractivity contribution in [3.63, 3.8) is 0 Å². The van der Waals surface area contributed by atoms with Gasteiger partial charge in [-0.25, -0.2) is 18.4 Å². The molecule has 13 heteroatoms. The van der Waals surface area contributed by atoms with Crippen LogP contribution in [0.1, 0.15) is 24.6 Å². The van der Waals surface area contributed by atoms with Gasteiger partial charge in [0.05, 0.1) is 17.6 Å². The van der Waals surface area contributed by atoms with Crippen molar-refractivity contribution >= 4 is 43.5 Å². The lowest BCUT2D eigenvalue weighted by molar-refractivity contribution is -0.274. The number of pyridine rings is 1. The van der Waals surface area contributed by atoms with E-state index in [1.807, 2.05) is 53.1 Å². The Kier molecular flexibility index (Phi) is 7.16. The van der Waals surface area contributed by atoms with E-state index in [1.54, 1.807) is 12.1 Å². The van der Waals surface area contributed by atoms with Gasteiger partial charge in [0.2, 0.25) is 10.0 Å². The quantitative estimate of drug-likeness (QED) is 0.279. The molecule has 1 aliphatic rings. The normalized spacial score (nSPS) is 15.0. The molecule has 0 unspecified atom stereocenters. The number of ether oxygens (including phenoxy) is 1. The highest BCUT2D eigenvalue weighted by Crippen LogP contribution is 2.35. The van der Waals surface area contributed by atoms with Crippen LogP contribution in [0.15, 0.2) is 54.1 Å². The zero-order valence-corrected chi connectivity index (χ0v) is 23.1. The minimum Gasteiger partial charge on any atom is -0.406 e. The number of thiazole rings is 1. The number of fused-ring (bicyclic) bond motifs is 1. The molecular weight excluding hydrogens is 551 g/mol. The van der Waals surface area contributed by atoms with Gasteiger partial charge < -0.3 is 9.64 Å². The summed E-state index contributed by atoms with van der Waals surface area (Å²) in [5.41, 5.74) is 5.04. The molecule has 0 aliphatic carbocycles. The van der Waals surface area contributed by atoms with Crippen molar-refractivity contribution in [1.82, 2.24) is 18.7 Å². The van der Waals surface area contributed by atoms with Crippen LogP contribution in [-0.4, -0.2) is 59.8 Å². The Balaban J connectivity index is 1.44. The monoisotopic (exact) mass is 577 g/mol. The molecule has 0 spiro atoms. The van der Waals surface area contributed by atoms with Gasteiger partial charge in [-0.2, -0.15) is 4.31 Å². The van der Waals surface area contributed by atoms with Gasteiger partial charge in [0, 0.05) is 37.3 Å². The molecule has 0 saturated carbocycles. The lowest BCUT2D eigenvalue weighted by atomic mass is 10.0. The fraction of sp³-hybridized carbons (Fsp3) is 0.308. The van der Waals surface area contributed by atoms with Crippen molar-refractivity contribution in [3.05, 3.63) is 65.3 Å². The number of halogens is 3. The molecule has 3 aromatic heterocycles. The second-order valence-electron chi connectivity index (χ2n) is 9.13. The summed E-state index contributed by atoms with van der Waals surface area (Å²) in [6.45, 7) is 2.81. The summed E-state index contributed by atoms with van der Waals surface area (Å²) in [6.07, 6.45) is 1.75. The largest absolute Gasteiger partial charge is 0.573 e. The van der Waals surface area contributed by atoms with Crippen LogP contribution >= 0.6 is 11.3 Å². The van der Waals surface area contributed by atoms with Crippen LogP contribution in [0.4, 0.5) is 24.1 Å². The molecule has 206 valence electrons. The Hall–Kier alpha value is -3.42. The number of imidazole rings is 1. The van der Waals surface area contributed by atoms with Gasteiger partial charge in [0.1, 0.15) is 17.2 Å². The van der Waals surface area contributed by atoms with Gasteiger partial charge in [-0.3, -0.25) is 4.40 Å². The van der Waals surface area contributed by atoms with Crippen LogP contribution < -0.4 is 9.64 Å². The molecule has 39 heavy (non-hydrogen) atoms. The molecule has 0 bridgehead atoms. The number of aryl methyl sites for hydroxylation is 1. The second-order valence-corrected chi connectivity index (χ2v) is 11.9. The zero-order valence-electron chi connectivity index (χ0n) is 21.4. The molecule has 0 radical (unpaired) electrons. The van der Waals surface area contributed by atoms with Crippen LogP contribution in [0.3, 0.4) is 0 Å². The van der Waals surface area contributed by atoms with Crippen LogP contribution in [0.2, 0.25) is 0 Å². The van der Waals surface area contributed by atoms with E-state index in [0.717, 1.165) is 28.3 Å². The number of alkyl halides is 3. The van der Waals surface area contributed by atoms with E-state index in [2.05, 4.69) is 4.74 Å². The lowest BCUT2D eigenvalue weighted by Gasteiger charge is -2.24. The highest BCUT2D eigenvalue weighted by Gasteiger charge is 2.31. The second kappa shape index (κ2) is 10.3. The Bertz CT molecular complexity index is 1640. The van der Waals surface area contributed by atoms with E-state index < -0.39 is 16.4 Å². The van der Waals surface area contributed by atoms with Crippen LogP contribution in [0, 0.1) is 0 Å². The standard InChI is InChI=1S/C26H26F3N5O3S2/c1-4-21-24(32(2)25-31-22(16-38-25)18-5-8-20(9-6-18)37-26(27,28)29)34-15-19(7-10-23(34)30-21)17-11-13-33(14-12-17)39(3,35)36/h5-11,15-16H,4,12-14H2,1-3H3. The summed E-state index contributed by atoms with van der Waals surface area (Å²) in [5.74, 6) is 0.573. The van der Waals surface area contributed by atoms with Gasteiger partial charge in [0.25, 0.3) is 0 Å². The minimum absolute atomic E-state index is 0.287. The molecule has 0 saturated heterocycles. The molecule has 0 atom stereocenters. The van der Waals surface area contributed by atoms with E-state index in [9.17, 15) is 21.6 Å². The molecular formula is C26H26F3N5O3S2. The number of nitrogens with zero attached hydrogens (tertiary/aromatic N) is 5. The zero-order chi connectivity index (χ0) is 27.9. The third kappa shape index (κ3) is 5.80. The van der Waals surface area contributed by atoms with Crippen molar-refractivity contribution < 1.29 is 26.3 Å². The van der Waals surface area contributed by atoms with E-state index in [1.165, 1.54) is 34.0 Å². The number of rotatable bonds is 7. The van der Waals surface area contributed by atoms with Crippen molar-refractivity contribution in [2.75, 3.05) is 31.3 Å². The van der Waals surface area contributed by atoms with Gasteiger partial charge in [0.15, 0.2) is 5.13 Å². The highest BCUT2D eigenvalue weighted by atomic mass is 32.2. The molecule has 0 N–H and O–H groups in total. The molecule has 1 aromatic carbocycles. The summed E-state index contributed by atoms with van der Waals surface area (Å²) < 4.78 is 68.6. The first kappa shape index (κ1) is 27.2. The maximum atomic E-state index is 12.5. The predicted molar refractivity (Wildman–Crippen MR) is 146 cm³/mol. The molecule has 4 aromatic rings. The summed E-state index contributed by atoms with van der Waals surface area (Å²) >= 11 is 1.42. The van der Waals surface area contributed by atoms with Crippen LogP contribution in [0.5, 0.6) is 5.75 Å². The molecule has 4 heterocycles. The molecule has 5 rings (SSSR count). The number of benzene rings is 1. The topological polar surface area (TPSA) is 80.0 Å². The summed E-state index contributed by atoms with van der Waals surface area (Å²) in [6, 6.07) is 9.57. The summed E-state index contributed by atoms with van der Waals surface area (Å²) in [4.78, 5) is 11.5. The molecule has 0 amide bonds. The Morgan fingerprint density at radius 1 is 1.10 bits per heavy atom. The molecule has 1 aliphatic heterocycles. The van der Waals surface area contributed by atoms with Crippen LogP contribution in [-0.2, 0) is 16.4 Å². The fourth-order valence-electron chi connectivity index (χ4n) is 4.55.